The Kier molecular flexibility index (Phi) is 4.93. The zero-order valence-electron chi connectivity index (χ0n) is 7.88. The van der Waals surface area contributed by atoms with E-state index in [1.807, 2.05) is 18.4 Å². The largest absolute Gasteiger partial charge is 0.298 e. The highest BCUT2D eigenvalue weighted by Crippen LogP contribution is 2.32. The highest BCUT2D eigenvalue weighted by molar-refractivity contribution is 14.1. The lowest BCUT2D eigenvalue weighted by atomic mass is 10.1. The minimum absolute atomic E-state index is 0.140. The first-order valence-corrected chi connectivity index (χ1v) is 7.26. The molecule has 0 bridgehead atoms. The summed E-state index contributed by atoms with van der Waals surface area (Å²) in [7, 11) is 0. The number of thioether (sulfide) groups is 1. The standard InChI is InChI=1S/C10H10BrIOS/c1-6(13)10(11)8-4-3-7(12)5-9(8)14-2/h3-5,10H,1-2H3. The van der Waals surface area contributed by atoms with Crippen LogP contribution in [0.15, 0.2) is 23.1 Å². The van der Waals surface area contributed by atoms with Gasteiger partial charge in [0.15, 0.2) is 0 Å². The van der Waals surface area contributed by atoms with Gasteiger partial charge in [0.1, 0.15) is 5.78 Å². The molecule has 1 aromatic carbocycles. The first kappa shape index (κ1) is 12.5. The Labute approximate surface area is 110 Å². The van der Waals surface area contributed by atoms with Crippen molar-refractivity contribution in [2.45, 2.75) is 16.6 Å². The fourth-order valence-corrected chi connectivity index (χ4v) is 3.03. The molecule has 1 rings (SSSR count). The summed E-state index contributed by atoms with van der Waals surface area (Å²) in [6.45, 7) is 1.60. The maximum atomic E-state index is 11.2. The highest BCUT2D eigenvalue weighted by atomic mass is 127. The minimum Gasteiger partial charge on any atom is -0.298 e. The molecule has 1 atom stereocenters. The molecule has 1 aromatic rings. The molecule has 0 aliphatic carbocycles. The second-order valence-corrected chi connectivity index (χ2v) is 5.87. The van der Waals surface area contributed by atoms with Gasteiger partial charge in [-0.1, -0.05) is 22.0 Å². The number of hydrogen-bond donors (Lipinski definition) is 0. The number of rotatable bonds is 3. The SMILES string of the molecule is CSc1cc(I)ccc1C(Br)C(C)=O. The van der Waals surface area contributed by atoms with Gasteiger partial charge in [-0.05, 0) is 53.5 Å². The summed E-state index contributed by atoms with van der Waals surface area (Å²) in [6.07, 6.45) is 2.02. The smallest absolute Gasteiger partial charge is 0.147 e. The molecule has 0 aliphatic heterocycles. The molecule has 0 saturated heterocycles. The van der Waals surface area contributed by atoms with Gasteiger partial charge in [-0.2, -0.15) is 0 Å². The molecule has 76 valence electrons. The molecule has 14 heavy (non-hydrogen) atoms. The van der Waals surface area contributed by atoms with Crippen LogP contribution in [0, 0.1) is 3.57 Å². The van der Waals surface area contributed by atoms with Crippen LogP contribution < -0.4 is 0 Å². The van der Waals surface area contributed by atoms with Gasteiger partial charge in [-0.25, -0.2) is 0 Å². The summed E-state index contributed by atoms with van der Waals surface area (Å²) < 4.78 is 1.19. The van der Waals surface area contributed by atoms with Crippen LogP contribution in [0.5, 0.6) is 0 Å². The Morgan fingerprint density at radius 1 is 1.57 bits per heavy atom. The molecule has 0 fully saturated rings. The van der Waals surface area contributed by atoms with Crippen LogP contribution >= 0.6 is 50.3 Å². The van der Waals surface area contributed by atoms with Gasteiger partial charge in [-0.3, -0.25) is 4.79 Å². The van der Waals surface area contributed by atoms with Crippen LogP contribution in [0.25, 0.3) is 0 Å². The minimum atomic E-state index is -0.179. The Balaban J connectivity index is 3.13. The number of halogens is 2. The second-order valence-electron chi connectivity index (χ2n) is 2.86. The lowest BCUT2D eigenvalue weighted by molar-refractivity contribution is -0.116. The third kappa shape index (κ3) is 2.97. The third-order valence-electron chi connectivity index (χ3n) is 1.83. The lowest BCUT2D eigenvalue weighted by Crippen LogP contribution is -2.02. The van der Waals surface area contributed by atoms with E-state index in [0.29, 0.717) is 0 Å². The maximum absolute atomic E-state index is 11.2. The topological polar surface area (TPSA) is 17.1 Å². The van der Waals surface area contributed by atoms with Crippen LogP contribution in [-0.4, -0.2) is 12.0 Å². The van der Waals surface area contributed by atoms with E-state index in [1.54, 1.807) is 18.7 Å². The number of ketones is 1. The predicted octanol–water partition coefficient (Wildman–Crippen LogP) is 4.04. The Bertz CT molecular complexity index is 354. The van der Waals surface area contributed by atoms with E-state index >= 15 is 0 Å². The van der Waals surface area contributed by atoms with E-state index in [-0.39, 0.29) is 10.6 Å². The van der Waals surface area contributed by atoms with E-state index in [2.05, 4.69) is 44.6 Å². The number of carbonyl (C=O) groups is 1. The van der Waals surface area contributed by atoms with Crippen molar-refractivity contribution in [1.29, 1.82) is 0 Å². The lowest BCUT2D eigenvalue weighted by Gasteiger charge is -2.11. The zero-order valence-corrected chi connectivity index (χ0v) is 12.4. The first-order valence-electron chi connectivity index (χ1n) is 4.04. The van der Waals surface area contributed by atoms with Crippen molar-refractivity contribution >= 4 is 56.1 Å². The van der Waals surface area contributed by atoms with E-state index in [0.717, 1.165) is 10.5 Å². The van der Waals surface area contributed by atoms with Gasteiger partial charge in [0.25, 0.3) is 0 Å². The Hall–Kier alpha value is 0.450. The Morgan fingerprint density at radius 2 is 2.21 bits per heavy atom. The van der Waals surface area contributed by atoms with Crippen molar-refractivity contribution < 1.29 is 4.79 Å². The van der Waals surface area contributed by atoms with Gasteiger partial charge >= 0.3 is 0 Å². The average Bonchev–Trinajstić information content (AvgIpc) is 2.16. The molecule has 0 amide bonds. The molecule has 0 saturated carbocycles. The molecule has 0 spiro atoms. The predicted molar refractivity (Wildman–Crippen MR) is 73.3 cm³/mol. The van der Waals surface area contributed by atoms with E-state index in [9.17, 15) is 4.79 Å². The van der Waals surface area contributed by atoms with Crippen molar-refractivity contribution in [3.8, 4) is 0 Å². The van der Waals surface area contributed by atoms with Crippen LogP contribution in [0.3, 0.4) is 0 Å². The molecule has 1 unspecified atom stereocenters. The van der Waals surface area contributed by atoms with Crippen molar-refractivity contribution in [3.63, 3.8) is 0 Å². The van der Waals surface area contributed by atoms with Crippen molar-refractivity contribution in [2.75, 3.05) is 6.26 Å². The monoisotopic (exact) mass is 384 g/mol. The van der Waals surface area contributed by atoms with Gasteiger partial charge < -0.3 is 0 Å². The number of alkyl halides is 1. The van der Waals surface area contributed by atoms with Crippen LogP contribution in [0.2, 0.25) is 0 Å². The molecule has 0 aliphatic rings. The van der Waals surface area contributed by atoms with Crippen molar-refractivity contribution in [3.05, 3.63) is 27.3 Å². The average molecular weight is 385 g/mol. The summed E-state index contributed by atoms with van der Waals surface area (Å²) in [5, 5.41) is 0. The molecule has 0 heterocycles. The van der Waals surface area contributed by atoms with Gasteiger partial charge in [-0.15, -0.1) is 11.8 Å². The van der Waals surface area contributed by atoms with Gasteiger partial charge in [0.05, 0.1) is 4.83 Å². The van der Waals surface area contributed by atoms with Crippen LogP contribution in [-0.2, 0) is 4.79 Å². The summed E-state index contributed by atoms with van der Waals surface area (Å²) in [5.41, 5.74) is 1.06. The quantitative estimate of drug-likeness (QED) is 0.444. The van der Waals surface area contributed by atoms with Gasteiger partial charge in [0, 0.05) is 8.47 Å². The number of carbonyl (C=O) groups excluding carboxylic acids is 1. The van der Waals surface area contributed by atoms with Gasteiger partial charge in [0.2, 0.25) is 0 Å². The molecule has 0 N–H and O–H groups in total. The number of hydrogen-bond acceptors (Lipinski definition) is 2. The summed E-state index contributed by atoms with van der Waals surface area (Å²) in [5.74, 6) is 0.140. The van der Waals surface area contributed by atoms with Crippen molar-refractivity contribution in [2.24, 2.45) is 0 Å². The maximum Gasteiger partial charge on any atom is 0.147 e. The zero-order chi connectivity index (χ0) is 10.7. The van der Waals surface area contributed by atoms with Crippen LogP contribution in [0.1, 0.15) is 17.3 Å². The molecule has 0 radical (unpaired) electrons. The molecule has 1 nitrogen and oxygen atoms in total. The van der Waals surface area contributed by atoms with E-state index < -0.39 is 0 Å². The van der Waals surface area contributed by atoms with Crippen molar-refractivity contribution in [1.82, 2.24) is 0 Å². The fraction of sp³-hybridized carbons (Fsp3) is 0.300. The van der Waals surface area contributed by atoms with Crippen LogP contribution in [0.4, 0.5) is 0 Å². The second kappa shape index (κ2) is 5.51. The summed E-state index contributed by atoms with van der Waals surface area (Å²) >= 11 is 7.34. The molecular formula is C10H10BrIOS. The molecule has 4 heteroatoms. The number of benzene rings is 1. The summed E-state index contributed by atoms with van der Waals surface area (Å²) in [4.78, 5) is 12.2. The fourth-order valence-electron chi connectivity index (χ4n) is 1.11. The molecule has 0 aromatic heterocycles. The normalized spacial score (nSPS) is 12.6. The molecular weight excluding hydrogens is 375 g/mol. The first-order chi connectivity index (χ1) is 6.56. The van der Waals surface area contributed by atoms with E-state index in [4.69, 9.17) is 0 Å². The highest BCUT2D eigenvalue weighted by Gasteiger charge is 2.16. The Morgan fingerprint density at radius 3 is 2.71 bits per heavy atom. The third-order valence-corrected chi connectivity index (χ3v) is 4.43. The summed E-state index contributed by atoms with van der Waals surface area (Å²) in [6, 6.07) is 6.12. The van der Waals surface area contributed by atoms with E-state index in [1.165, 1.54) is 3.57 Å². The number of Topliss-reactive ketones (excluding diaryl/α,β-unsaturated/α-hetero) is 1.